The van der Waals surface area contributed by atoms with Crippen LogP contribution in [0.15, 0.2) is 18.2 Å². The third-order valence-electron chi connectivity index (χ3n) is 4.63. The molecule has 2 amide bonds. The third-order valence-corrected chi connectivity index (χ3v) is 4.63. The molecule has 1 rings (SSSR count). The van der Waals surface area contributed by atoms with Gasteiger partial charge in [-0.1, -0.05) is 34.6 Å². The van der Waals surface area contributed by atoms with Crippen LogP contribution in [0.5, 0.6) is 0 Å². The zero-order chi connectivity index (χ0) is 20.8. The number of hydrogen-bond acceptors (Lipinski definition) is 3. The molecule has 1 N–H and O–H groups in total. The molecule has 152 valence electrons. The molecule has 0 spiro atoms. The van der Waals surface area contributed by atoms with Gasteiger partial charge < -0.3 is 15.1 Å². The summed E-state index contributed by atoms with van der Waals surface area (Å²) in [5, 5.41) is 2.92. The van der Waals surface area contributed by atoms with Gasteiger partial charge in [0.2, 0.25) is 11.8 Å². The van der Waals surface area contributed by atoms with E-state index >= 15 is 0 Å². The molecule has 5 heteroatoms. The highest BCUT2D eigenvalue weighted by atomic mass is 16.2. The van der Waals surface area contributed by atoms with E-state index in [1.807, 2.05) is 49.0 Å². The molecule has 0 aliphatic heterocycles. The van der Waals surface area contributed by atoms with E-state index in [1.165, 1.54) is 0 Å². The second-order valence-corrected chi connectivity index (χ2v) is 8.66. The predicted molar refractivity (Wildman–Crippen MR) is 114 cm³/mol. The Morgan fingerprint density at radius 2 is 1.78 bits per heavy atom. The van der Waals surface area contributed by atoms with Crippen molar-refractivity contribution in [2.45, 2.75) is 73.4 Å². The first-order chi connectivity index (χ1) is 12.5. The van der Waals surface area contributed by atoms with Gasteiger partial charge in [-0.05, 0) is 42.5 Å². The molecule has 0 unspecified atom stereocenters. The molecule has 0 aliphatic carbocycles. The first-order valence-corrected chi connectivity index (χ1v) is 9.88. The van der Waals surface area contributed by atoms with Crippen molar-refractivity contribution in [2.24, 2.45) is 5.41 Å². The fourth-order valence-electron chi connectivity index (χ4n) is 2.92. The second kappa shape index (κ2) is 9.77. The standard InChI is InChI=1S/C22H37N3O2/c1-9-16(3)25(21(27)14-22(4,5)6)15-17-13-18(23-20(26)10-2)11-12-19(17)24(7)8/h11-13,16H,9-10,14-15H2,1-8H3,(H,23,26)/t16-/m0/s1. The van der Waals surface area contributed by atoms with Gasteiger partial charge >= 0.3 is 0 Å². The van der Waals surface area contributed by atoms with Crippen molar-refractivity contribution in [3.8, 4) is 0 Å². The molecule has 0 bridgehead atoms. The summed E-state index contributed by atoms with van der Waals surface area (Å²) in [5.74, 6) is 0.158. The Labute approximate surface area is 165 Å². The molecule has 0 aliphatic rings. The summed E-state index contributed by atoms with van der Waals surface area (Å²) in [6.07, 6.45) is 1.86. The number of nitrogens with zero attached hydrogens (tertiary/aromatic N) is 2. The highest BCUT2D eigenvalue weighted by Gasteiger charge is 2.25. The van der Waals surface area contributed by atoms with Crippen LogP contribution in [0, 0.1) is 5.41 Å². The molecule has 0 radical (unpaired) electrons. The maximum absolute atomic E-state index is 13.0. The number of nitrogens with one attached hydrogen (secondary N) is 1. The van der Waals surface area contributed by atoms with Crippen molar-refractivity contribution in [1.82, 2.24) is 4.90 Å². The first-order valence-electron chi connectivity index (χ1n) is 9.88. The van der Waals surface area contributed by atoms with Crippen LogP contribution in [0.3, 0.4) is 0 Å². The monoisotopic (exact) mass is 375 g/mol. The van der Waals surface area contributed by atoms with Gasteiger partial charge in [0.05, 0.1) is 0 Å². The zero-order valence-corrected chi connectivity index (χ0v) is 18.3. The Bertz CT molecular complexity index is 647. The van der Waals surface area contributed by atoms with Gasteiger partial charge in [0.25, 0.3) is 0 Å². The van der Waals surface area contributed by atoms with E-state index in [0.717, 1.165) is 23.4 Å². The molecule has 5 nitrogen and oxygen atoms in total. The lowest BCUT2D eigenvalue weighted by Crippen LogP contribution is -2.39. The van der Waals surface area contributed by atoms with Crippen LogP contribution in [-0.2, 0) is 16.1 Å². The fraction of sp³-hybridized carbons (Fsp3) is 0.636. The first kappa shape index (κ1) is 23.0. The molecule has 27 heavy (non-hydrogen) atoms. The average Bonchev–Trinajstić information content (AvgIpc) is 2.57. The quantitative estimate of drug-likeness (QED) is 0.719. The summed E-state index contributed by atoms with van der Waals surface area (Å²) < 4.78 is 0. The Hall–Kier alpha value is -2.04. The summed E-state index contributed by atoms with van der Waals surface area (Å²) in [7, 11) is 3.99. The Kier molecular flexibility index (Phi) is 8.32. The number of carbonyl (C=O) groups excluding carboxylic acids is 2. The maximum atomic E-state index is 13.0. The Morgan fingerprint density at radius 1 is 1.15 bits per heavy atom. The Balaban J connectivity index is 3.22. The number of amides is 2. The molecule has 0 saturated heterocycles. The summed E-state index contributed by atoms with van der Waals surface area (Å²) in [6, 6.07) is 6.06. The van der Waals surface area contributed by atoms with Gasteiger partial charge in [-0.25, -0.2) is 0 Å². The van der Waals surface area contributed by atoms with E-state index in [1.54, 1.807) is 0 Å². The van der Waals surface area contributed by atoms with Crippen LogP contribution in [0.2, 0.25) is 0 Å². The molecular weight excluding hydrogens is 338 g/mol. The molecule has 1 aromatic rings. The third kappa shape index (κ3) is 7.24. The molecule has 0 fully saturated rings. The average molecular weight is 376 g/mol. The molecule has 0 aromatic heterocycles. The van der Waals surface area contributed by atoms with E-state index < -0.39 is 0 Å². The Morgan fingerprint density at radius 3 is 2.26 bits per heavy atom. The summed E-state index contributed by atoms with van der Waals surface area (Å²) in [4.78, 5) is 28.8. The normalized spacial score (nSPS) is 12.4. The SMILES string of the molecule is CCC(=O)Nc1ccc(N(C)C)c(CN(C(=O)CC(C)(C)C)[C@@H](C)CC)c1. The predicted octanol–water partition coefficient (Wildman–Crippen LogP) is 4.66. The van der Waals surface area contributed by atoms with Crippen molar-refractivity contribution in [2.75, 3.05) is 24.3 Å². The summed E-state index contributed by atoms with van der Waals surface area (Å²) in [6.45, 7) is 12.8. The van der Waals surface area contributed by atoms with E-state index in [4.69, 9.17) is 0 Å². The van der Waals surface area contributed by atoms with E-state index in [0.29, 0.717) is 19.4 Å². The molecular formula is C22H37N3O2. The van der Waals surface area contributed by atoms with Crippen molar-refractivity contribution in [3.05, 3.63) is 23.8 Å². The minimum Gasteiger partial charge on any atom is -0.377 e. The van der Waals surface area contributed by atoms with Crippen LogP contribution in [0.4, 0.5) is 11.4 Å². The molecule has 0 saturated carbocycles. The van der Waals surface area contributed by atoms with Crippen molar-refractivity contribution in [1.29, 1.82) is 0 Å². The van der Waals surface area contributed by atoms with Crippen molar-refractivity contribution < 1.29 is 9.59 Å². The molecule has 1 aromatic carbocycles. The maximum Gasteiger partial charge on any atom is 0.224 e. The van der Waals surface area contributed by atoms with Crippen LogP contribution in [-0.4, -0.2) is 36.9 Å². The highest BCUT2D eigenvalue weighted by molar-refractivity contribution is 5.91. The van der Waals surface area contributed by atoms with Gasteiger partial charge in [0, 0.05) is 50.9 Å². The summed E-state index contributed by atoms with van der Waals surface area (Å²) in [5.41, 5.74) is 2.82. The number of benzene rings is 1. The lowest BCUT2D eigenvalue weighted by atomic mass is 9.91. The van der Waals surface area contributed by atoms with Gasteiger partial charge in [-0.3, -0.25) is 9.59 Å². The minimum atomic E-state index is -0.0515. The van der Waals surface area contributed by atoms with Crippen LogP contribution < -0.4 is 10.2 Å². The lowest BCUT2D eigenvalue weighted by Gasteiger charge is -2.33. The van der Waals surface area contributed by atoms with Crippen molar-refractivity contribution in [3.63, 3.8) is 0 Å². The van der Waals surface area contributed by atoms with E-state index in [-0.39, 0.29) is 23.3 Å². The largest absolute Gasteiger partial charge is 0.377 e. The summed E-state index contributed by atoms with van der Waals surface area (Å²) >= 11 is 0. The second-order valence-electron chi connectivity index (χ2n) is 8.66. The van der Waals surface area contributed by atoms with Crippen molar-refractivity contribution >= 4 is 23.2 Å². The zero-order valence-electron chi connectivity index (χ0n) is 18.3. The van der Waals surface area contributed by atoms with E-state index in [2.05, 4.69) is 39.9 Å². The highest BCUT2D eigenvalue weighted by Crippen LogP contribution is 2.28. The van der Waals surface area contributed by atoms with Gasteiger partial charge in [0.1, 0.15) is 0 Å². The van der Waals surface area contributed by atoms with Gasteiger partial charge in [-0.2, -0.15) is 0 Å². The van der Waals surface area contributed by atoms with Gasteiger partial charge in [0.15, 0.2) is 0 Å². The lowest BCUT2D eigenvalue weighted by molar-refractivity contribution is -0.135. The smallest absolute Gasteiger partial charge is 0.224 e. The minimum absolute atomic E-state index is 0.0128. The van der Waals surface area contributed by atoms with Gasteiger partial charge in [-0.15, -0.1) is 0 Å². The topological polar surface area (TPSA) is 52.7 Å². The number of carbonyl (C=O) groups is 2. The number of rotatable bonds is 8. The number of anilines is 2. The number of hydrogen-bond donors (Lipinski definition) is 1. The molecule has 0 heterocycles. The van der Waals surface area contributed by atoms with Crippen LogP contribution >= 0.6 is 0 Å². The van der Waals surface area contributed by atoms with Crippen LogP contribution in [0.1, 0.15) is 66.4 Å². The van der Waals surface area contributed by atoms with E-state index in [9.17, 15) is 9.59 Å². The van der Waals surface area contributed by atoms with Crippen LogP contribution in [0.25, 0.3) is 0 Å². The molecule has 1 atom stereocenters. The fourth-order valence-corrected chi connectivity index (χ4v) is 2.92.